The minimum Gasteiger partial charge on any atom is -0.393 e. The smallest absolute Gasteiger partial charge is 0.0727 e. The van der Waals surface area contributed by atoms with E-state index in [1.54, 1.807) is 11.3 Å². The predicted molar refractivity (Wildman–Crippen MR) is 74.4 cm³/mol. The van der Waals surface area contributed by atoms with Crippen LogP contribution in [-0.2, 0) is 6.54 Å². The Morgan fingerprint density at radius 1 is 1.67 bits per heavy atom. The Kier molecular flexibility index (Phi) is 5.74. The molecule has 0 bridgehead atoms. The molecule has 84 valence electrons. The minimum absolute atomic E-state index is 0.613. The summed E-state index contributed by atoms with van der Waals surface area (Å²) < 4.78 is 1.17. The van der Waals surface area contributed by atoms with Gasteiger partial charge in [-0.05, 0) is 48.4 Å². The lowest BCUT2D eigenvalue weighted by atomic mass is 10.3. The van der Waals surface area contributed by atoms with Gasteiger partial charge in [0.25, 0.3) is 0 Å². The molecule has 0 saturated heterocycles. The molecule has 1 aromatic heterocycles. The first-order valence-electron chi connectivity index (χ1n) is 4.77. The van der Waals surface area contributed by atoms with Gasteiger partial charge in [-0.2, -0.15) is 0 Å². The van der Waals surface area contributed by atoms with Crippen LogP contribution < -0.4 is 5.73 Å². The Morgan fingerprint density at radius 2 is 2.40 bits per heavy atom. The van der Waals surface area contributed by atoms with Crippen molar-refractivity contribution in [1.29, 1.82) is 0 Å². The van der Waals surface area contributed by atoms with Crippen molar-refractivity contribution in [2.24, 2.45) is 5.73 Å². The predicted octanol–water partition coefficient (Wildman–Crippen LogP) is 3.01. The van der Waals surface area contributed by atoms with E-state index in [-0.39, 0.29) is 0 Å². The molecule has 2 N–H and O–H groups in total. The van der Waals surface area contributed by atoms with Crippen molar-refractivity contribution in [2.75, 3.05) is 13.6 Å². The van der Waals surface area contributed by atoms with Crippen molar-refractivity contribution in [1.82, 2.24) is 4.90 Å². The molecule has 0 fully saturated rings. The fourth-order valence-electron chi connectivity index (χ4n) is 1.31. The van der Waals surface area contributed by atoms with E-state index in [2.05, 4.69) is 39.3 Å². The molecule has 0 unspecified atom stereocenters. The second-order valence-electron chi connectivity index (χ2n) is 3.54. The quantitative estimate of drug-likeness (QED) is 0.819. The molecule has 0 saturated carbocycles. The molecule has 0 aliphatic carbocycles. The lowest BCUT2D eigenvalue weighted by Crippen LogP contribution is -2.20. The average Bonchev–Trinajstić information content (AvgIpc) is 2.50. The standard InChI is InChI=1S/C10H15BrN2S2/c1-13(4-2-3-10(12)14)6-9-5-8(11)7-15-9/h5,7H,2-4,6H2,1H3,(H2,12,14). The minimum atomic E-state index is 0.613. The van der Waals surface area contributed by atoms with E-state index in [0.717, 1.165) is 25.9 Å². The Bertz CT molecular complexity index is 325. The highest BCUT2D eigenvalue weighted by Crippen LogP contribution is 2.20. The van der Waals surface area contributed by atoms with Gasteiger partial charge in [0.1, 0.15) is 0 Å². The summed E-state index contributed by atoms with van der Waals surface area (Å²) in [6, 6.07) is 2.16. The third-order valence-corrected chi connectivity index (χ3v) is 3.90. The SMILES string of the molecule is CN(CCCC(N)=S)Cc1cc(Br)cs1. The highest BCUT2D eigenvalue weighted by atomic mass is 79.9. The molecule has 1 heterocycles. The number of hydrogen-bond acceptors (Lipinski definition) is 3. The molecule has 1 rings (SSSR count). The maximum Gasteiger partial charge on any atom is 0.0727 e. The summed E-state index contributed by atoms with van der Waals surface area (Å²) in [6.07, 6.45) is 1.88. The van der Waals surface area contributed by atoms with Gasteiger partial charge in [-0.15, -0.1) is 11.3 Å². The van der Waals surface area contributed by atoms with Crippen LogP contribution in [0.1, 0.15) is 17.7 Å². The summed E-state index contributed by atoms with van der Waals surface area (Å²) in [5.41, 5.74) is 5.44. The fourth-order valence-corrected chi connectivity index (χ4v) is 2.98. The Hall–Kier alpha value is 0.0300. The molecule has 15 heavy (non-hydrogen) atoms. The van der Waals surface area contributed by atoms with Crippen LogP contribution in [0, 0.1) is 0 Å². The second-order valence-corrected chi connectivity index (χ2v) is 5.97. The van der Waals surface area contributed by atoms with Crippen LogP contribution in [0.5, 0.6) is 0 Å². The summed E-state index contributed by atoms with van der Waals surface area (Å²) >= 11 is 10.1. The van der Waals surface area contributed by atoms with E-state index in [1.807, 2.05) is 0 Å². The lowest BCUT2D eigenvalue weighted by Gasteiger charge is -2.14. The van der Waals surface area contributed by atoms with Gasteiger partial charge in [0.05, 0.1) is 4.99 Å². The maximum absolute atomic E-state index is 5.44. The molecule has 0 aliphatic heterocycles. The van der Waals surface area contributed by atoms with E-state index in [4.69, 9.17) is 18.0 Å². The Morgan fingerprint density at radius 3 is 2.93 bits per heavy atom. The van der Waals surface area contributed by atoms with Crippen molar-refractivity contribution in [3.63, 3.8) is 0 Å². The van der Waals surface area contributed by atoms with Crippen LogP contribution in [-0.4, -0.2) is 23.5 Å². The van der Waals surface area contributed by atoms with Crippen molar-refractivity contribution in [3.05, 3.63) is 20.8 Å². The summed E-state index contributed by atoms with van der Waals surface area (Å²) in [7, 11) is 2.12. The van der Waals surface area contributed by atoms with Crippen LogP contribution >= 0.6 is 39.5 Å². The van der Waals surface area contributed by atoms with Crippen LogP contribution in [0.2, 0.25) is 0 Å². The third-order valence-electron chi connectivity index (χ3n) is 2.01. The van der Waals surface area contributed by atoms with E-state index < -0.39 is 0 Å². The summed E-state index contributed by atoms with van der Waals surface area (Å²) in [4.78, 5) is 4.28. The first-order chi connectivity index (χ1) is 7.08. The monoisotopic (exact) mass is 306 g/mol. The molecule has 0 radical (unpaired) electrons. The van der Waals surface area contributed by atoms with Gasteiger partial charge in [-0.3, -0.25) is 0 Å². The van der Waals surface area contributed by atoms with Crippen LogP contribution in [0.3, 0.4) is 0 Å². The van der Waals surface area contributed by atoms with Crippen molar-refractivity contribution >= 4 is 44.5 Å². The number of nitrogens with two attached hydrogens (primary N) is 1. The number of hydrogen-bond donors (Lipinski definition) is 1. The van der Waals surface area contributed by atoms with Gasteiger partial charge in [0.2, 0.25) is 0 Å². The van der Waals surface area contributed by atoms with Gasteiger partial charge in [0, 0.05) is 21.3 Å². The summed E-state index contributed by atoms with van der Waals surface area (Å²) in [6.45, 7) is 2.03. The highest BCUT2D eigenvalue weighted by Gasteiger charge is 2.02. The van der Waals surface area contributed by atoms with E-state index in [9.17, 15) is 0 Å². The van der Waals surface area contributed by atoms with Crippen LogP contribution in [0.4, 0.5) is 0 Å². The second kappa shape index (κ2) is 6.58. The van der Waals surface area contributed by atoms with Crippen molar-refractivity contribution in [2.45, 2.75) is 19.4 Å². The molecular weight excluding hydrogens is 292 g/mol. The first kappa shape index (κ1) is 13.1. The molecule has 0 atom stereocenters. The zero-order valence-electron chi connectivity index (χ0n) is 8.70. The van der Waals surface area contributed by atoms with Crippen LogP contribution in [0.15, 0.2) is 15.9 Å². The number of thiocarbonyl (C=S) groups is 1. The molecule has 2 nitrogen and oxygen atoms in total. The molecule has 0 amide bonds. The number of nitrogens with zero attached hydrogens (tertiary/aromatic N) is 1. The van der Waals surface area contributed by atoms with Crippen molar-refractivity contribution in [3.8, 4) is 0 Å². The molecule has 1 aromatic rings. The summed E-state index contributed by atoms with van der Waals surface area (Å²) in [5.74, 6) is 0. The maximum atomic E-state index is 5.44. The van der Waals surface area contributed by atoms with E-state index >= 15 is 0 Å². The zero-order chi connectivity index (χ0) is 11.3. The molecule has 0 aliphatic rings. The number of thiophene rings is 1. The summed E-state index contributed by atoms with van der Waals surface area (Å²) in [5, 5.41) is 2.11. The molecule has 0 spiro atoms. The third kappa shape index (κ3) is 5.61. The number of halogens is 1. The largest absolute Gasteiger partial charge is 0.393 e. The highest BCUT2D eigenvalue weighted by molar-refractivity contribution is 9.10. The van der Waals surface area contributed by atoms with Gasteiger partial charge >= 0.3 is 0 Å². The lowest BCUT2D eigenvalue weighted by molar-refractivity contribution is 0.327. The van der Waals surface area contributed by atoms with E-state index in [1.165, 1.54) is 9.35 Å². The topological polar surface area (TPSA) is 29.3 Å². The zero-order valence-corrected chi connectivity index (χ0v) is 11.9. The molecule has 5 heteroatoms. The fraction of sp³-hybridized carbons (Fsp3) is 0.500. The Labute approximate surface area is 109 Å². The van der Waals surface area contributed by atoms with Gasteiger partial charge in [-0.1, -0.05) is 12.2 Å². The molecule has 0 aromatic carbocycles. The average molecular weight is 307 g/mol. The van der Waals surface area contributed by atoms with Gasteiger partial charge in [0.15, 0.2) is 0 Å². The first-order valence-corrected chi connectivity index (χ1v) is 6.86. The van der Waals surface area contributed by atoms with Gasteiger partial charge in [-0.25, -0.2) is 0 Å². The molecular formula is C10H15BrN2S2. The normalized spacial score (nSPS) is 10.9. The van der Waals surface area contributed by atoms with Gasteiger partial charge < -0.3 is 10.6 Å². The van der Waals surface area contributed by atoms with E-state index in [0.29, 0.717) is 4.99 Å². The van der Waals surface area contributed by atoms with Crippen LogP contribution in [0.25, 0.3) is 0 Å². The van der Waals surface area contributed by atoms with Crippen molar-refractivity contribution < 1.29 is 0 Å². The number of rotatable bonds is 6. The Balaban J connectivity index is 2.24.